The number of carboxylic acids is 1. The molecule has 1 N–H and O–H groups in total. The minimum Gasteiger partial charge on any atom is -0.481 e. The quantitative estimate of drug-likeness (QED) is 0.857. The van der Waals surface area contributed by atoms with Crippen LogP contribution in [0.3, 0.4) is 0 Å². The molecule has 0 radical (unpaired) electrons. The first-order chi connectivity index (χ1) is 9.38. The second-order valence-electron chi connectivity index (χ2n) is 5.65. The van der Waals surface area contributed by atoms with E-state index in [0.29, 0.717) is 12.8 Å². The molecule has 0 spiro atoms. The van der Waals surface area contributed by atoms with Crippen molar-refractivity contribution in [3.8, 4) is 0 Å². The number of carboxylic acid groups (broad SMARTS) is 1. The molecule has 4 atom stereocenters. The molecule has 0 amide bonds. The first-order valence-electron chi connectivity index (χ1n) is 6.61. The zero-order chi connectivity index (χ0) is 14.5. The van der Waals surface area contributed by atoms with Gasteiger partial charge in [-0.1, -0.05) is 17.7 Å². The Bertz CT molecular complexity index is 622. The van der Waals surface area contributed by atoms with Crippen LogP contribution >= 0.6 is 0 Å². The summed E-state index contributed by atoms with van der Waals surface area (Å²) in [6.45, 7) is 1.88. The van der Waals surface area contributed by atoms with Crippen molar-refractivity contribution >= 4 is 16.1 Å². The number of hydrogen-bond donors (Lipinski definition) is 1. The summed E-state index contributed by atoms with van der Waals surface area (Å²) in [5.41, 5.74) is 0.982. The highest BCUT2D eigenvalue weighted by Crippen LogP contribution is 2.58. The van der Waals surface area contributed by atoms with E-state index in [2.05, 4.69) is 0 Å². The molecule has 1 aromatic carbocycles. The standard InChI is InChI=1S/C14H16O5S/c1-8-2-4-10(5-3-8)20(17,18)19-9-6-11-12(7-9)13(11)14(15)16/h2-5,9,11-13H,6-7H2,1H3,(H,15,16)/t9-,11-,12+,13-. The summed E-state index contributed by atoms with van der Waals surface area (Å²) >= 11 is 0. The average molecular weight is 296 g/mol. The highest BCUT2D eigenvalue weighted by atomic mass is 32.2. The molecule has 2 aliphatic rings. The van der Waals surface area contributed by atoms with Crippen LogP contribution in [0.4, 0.5) is 0 Å². The molecule has 1 aromatic rings. The maximum Gasteiger partial charge on any atom is 0.307 e. The molecule has 5 nitrogen and oxygen atoms in total. The summed E-state index contributed by atoms with van der Waals surface area (Å²) in [5, 5.41) is 8.92. The number of aliphatic carboxylic acids is 1. The van der Waals surface area contributed by atoms with Crippen LogP contribution in [0.2, 0.25) is 0 Å². The first kappa shape index (κ1) is 13.6. The number of benzene rings is 1. The van der Waals surface area contributed by atoms with Gasteiger partial charge in [0.05, 0.1) is 16.9 Å². The Balaban J connectivity index is 1.65. The van der Waals surface area contributed by atoms with E-state index >= 15 is 0 Å². The lowest BCUT2D eigenvalue weighted by atomic mass is 10.1. The lowest BCUT2D eigenvalue weighted by Gasteiger charge is -2.14. The van der Waals surface area contributed by atoms with E-state index < -0.39 is 16.1 Å². The van der Waals surface area contributed by atoms with Crippen LogP contribution in [0, 0.1) is 24.7 Å². The van der Waals surface area contributed by atoms with E-state index in [1.165, 1.54) is 12.1 Å². The Morgan fingerprint density at radius 2 is 1.75 bits per heavy atom. The monoisotopic (exact) mass is 296 g/mol. The minimum absolute atomic E-state index is 0.0886. The third-order valence-corrected chi connectivity index (χ3v) is 5.63. The predicted molar refractivity (Wildman–Crippen MR) is 70.6 cm³/mol. The highest BCUT2D eigenvalue weighted by Gasteiger charge is 2.60. The lowest BCUT2D eigenvalue weighted by Crippen LogP contribution is -2.19. The molecule has 20 heavy (non-hydrogen) atoms. The van der Waals surface area contributed by atoms with Crippen molar-refractivity contribution in [2.45, 2.75) is 30.8 Å². The summed E-state index contributed by atoms with van der Waals surface area (Å²) in [5.74, 6) is -0.895. The van der Waals surface area contributed by atoms with Gasteiger partial charge in [-0.2, -0.15) is 8.42 Å². The number of rotatable bonds is 4. The van der Waals surface area contributed by atoms with Crippen molar-refractivity contribution in [1.29, 1.82) is 0 Å². The van der Waals surface area contributed by atoms with Gasteiger partial charge in [0, 0.05) is 0 Å². The second-order valence-corrected chi connectivity index (χ2v) is 7.22. The van der Waals surface area contributed by atoms with Gasteiger partial charge in [0.2, 0.25) is 0 Å². The van der Waals surface area contributed by atoms with Crippen LogP contribution in [0.15, 0.2) is 29.2 Å². The van der Waals surface area contributed by atoms with Crippen molar-refractivity contribution in [1.82, 2.24) is 0 Å². The Hall–Kier alpha value is -1.40. The van der Waals surface area contributed by atoms with Gasteiger partial charge in [0.25, 0.3) is 10.1 Å². The topological polar surface area (TPSA) is 80.7 Å². The normalized spacial score (nSPS) is 31.9. The second kappa shape index (κ2) is 4.56. The number of carbonyl (C=O) groups is 1. The van der Waals surface area contributed by atoms with Gasteiger partial charge < -0.3 is 5.11 Å². The molecule has 2 saturated carbocycles. The van der Waals surface area contributed by atoms with Crippen molar-refractivity contribution in [3.63, 3.8) is 0 Å². The van der Waals surface area contributed by atoms with E-state index in [9.17, 15) is 13.2 Å². The Labute approximate surface area is 117 Å². The van der Waals surface area contributed by atoms with Crippen molar-refractivity contribution in [3.05, 3.63) is 29.8 Å². The lowest BCUT2D eigenvalue weighted by molar-refractivity contribution is -0.139. The van der Waals surface area contributed by atoms with Gasteiger partial charge in [0.1, 0.15) is 0 Å². The van der Waals surface area contributed by atoms with E-state index in [-0.39, 0.29) is 28.8 Å². The van der Waals surface area contributed by atoms with Gasteiger partial charge in [-0.3, -0.25) is 8.98 Å². The van der Waals surface area contributed by atoms with Crippen molar-refractivity contribution < 1.29 is 22.5 Å². The van der Waals surface area contributed by atoms with Crippen molar-refractivity contribution in [2.24, 2.45) is 17.8 Å². The molecule has 3 rings (SSSR count). The van der Waals surface area contributed by atoms with Crippen LogP contribution in [0.5, 0.6) is 0 Å². The van der Waals surface area contributed by atoms with E-state index in [1.54, 1.807) is 12.1 Å². The summed E-state index contributed by atoms with van der Waals surface area (Å²) < 4.78 is 29.4. The van der Waals surface area contributed by atoms with Crippen LogP contribution in [-0.2, 0) is 19.1 Å². The molecule has 2 aliphatic carbocycles. The Morgan fingerprint density at radius 1 is 1.20 bits per heavy atom. The largest absolute Gasteiger partial charge is 0.481 e. The van der Waals surface area contributed by atoms with Crippen LogP contribution in [-0.4, -0.2) is 25.6 Å². The van der Waals surface area contributed by atoms with Crippen LogP contribution < -0.4 is 0 Å². The summed E-state index contributed by atoms with van der Waals surface area (Å²) in [7, 11) is -3.75. The van der Waals surface area contributed by atoms with E-state index in [1.807, 2.05) is 6.92 Å². The average Bonchev–Trinajstić information content (AvgIpc) is 2.88. The molecule has 0 heterocycles. The molecule has 6 heteroatoms. The summed E-state index contributed by atoms with van der Waals surface area (Å²) in [6, 6.07) is 6.51. The molecular formula is C14H16O5S. The summed E-state index contributed by atoms with van der Waals surface area (Å²) in [6.07, 6.45) is 0.659. The Kier molecular flexibility index (Phi) is 3.10. The maximum atomic E-state index is 12.1. The summed E-state index contributed by atoms with van der Waals surface area (Å²) in [4.78, 5) is 11.0. The molecule has 0 bridgehead atoms. The van der Waals surface area contributed by atoms with E-state index in [0.717, 1.165) is 5.56 Å². The first-order valence-corrected chi connectivity index (χ1v) is 8.02. The van der Waals surface area contributed by atoms with Gasteiger partial charge in [-0.25, -0.2) is 0 Å². The van der Waals surface area contributed by atoms with Gasteiger partial charge in [0.15, 0.2) is 0 Å². The highest BCUT2D eigenvalue weighted by molar-refractivity contribution is 7.86. The molecule has 0 aromatic heterocycles. The van der Waals surface area contributed by atoms with E-state index in [4.69, 9.17) is 9.29 Å². The van der Waals surface area contributed by atoms with Crippen LogP contribution in [0.25, 0.3) is 0 Å². The van der Waals surface area contributed by atoms with Gasteiger partial charge in [-0.05, 0) is 43.7 Å². The molecular weight excluding hydrogens is 280 g/mol. The minimum atomic E-state index is -3.75. The zero-order valence-corrected chi connectivity index (χ0v) is 11.8. The van der Waals surface area contributed by atoms with Gasteiger partial charge in [-0.15, -0.1) is 0 Å². The number of aryl methyl sites for hydroxylation is 1. The van der Waals surface area contributed by atoms with Crippen LogP contribution in [0.1, 0.15) is 18.4 Å². The van der Waals surface area contributed by atoms with Gasteiger partial charge >= 0.3 is 5.97 Å². The van der Waals surface area contributed by atoms with Crippen molar-refractivity contribution in [2.75, 3.05) is 0 Å². The fourth-order valence-electron chi connectivity index (χ4n) is 3.18. The molecule has 2 fully saturated rings. The molecule has 0 unspecified atom stereocenters. The third-order valence-electron chi connectivity index (χ3n) is 4.26. The molecule has 0 aliphatic heterocycles. The number of fused-ring (bicyclic) bond motifs is 1. The molecule has 108 valence electrons. The third kappa shape index (κ3) is 2.33. The fraction of sp³-hybridized carbons (Fsp3) is 0.500. The predicted octanol–water partition coefficient (Wildman–Crippen LogP) is 1.81. The molecule has 0 saturated heterocycles. The number of hydrogen-bond acceptors (Lipinski definition) is 4. The Morgan fingerprint density at radius 3 is 2.25 bits per heavy atom. The zero-order valence-electron chi connectivity index (χ0n) is 11.0. The smallest absolute Gasteiger partial charge is 0.307 e. The fourth-order valence-corrected chi connectivity index (χ4v) is 4.27. The maximum absolute atomic E-state index is 12.1. The SMILES string of the molecule is Cc1ccc(S(=O)(=O)O[C@@H]2C[C@@H]3[C@H](C2)[C@@H]3C(=O)O)cc1.